The number of sulfone groups is 1. The number of anilines is 1. The molecule has 1 aliphatic rings. The maximum Gasteiger partial charge on any atom is 0.267 e. The molecule has 4 rings (SSSR count). The van der Waals surface area contributed by atoms with E-state index in [-0.39, 0.29) is 28.1 Å². The van der Waals surface area contributed by atoms with Crippen molar-refractivity contribution in [2.75, 3.05) is 18.0 Å². The van der Waals surface area contributed by atoms with Gasteiger partial charge in [0, 0.05) is 25.2 Å². The van der Waals surface area contributed by atoms with E-state index in [9.17, 15) is 23.3 Å². The van der Waals surface area contributed by atoms with Crippen molar-refractivity contribution in [2.45, 2.75) is 31.6 Å². The number of aryl methyl sites for hydroxylation is 2. The minimum atomic E-state index is -4.17. The zero-order valence-electron chi connectivity index (χ0n) is 19.4. The first-order valence-electron chi connectivity index (χ1n) is 11.1. The van der Waals surface area contributed by atoms with Crippen LogP contribution in [0.5, 0.6) is 0 Å². The summed E-state index contributed by atoms with van der Waals surface area (Å²) in [5, 5.41) is 9.79. The molecular formula is C25H25N5O4S. The van der Waals surface area contributed by atoms with Crippen molar-refractivity contribution in [1.82, 2.24) is 9.38 Å². The first kappa shape index (κ1) is 24.2. The third-order valence-corrected chi connectivity index (χ3v) is 7.95. The van der Waals surface area contributed by atoms with Crippen LogP contribution in [-0.4, -0.2) is 36.8 Å². The van der Waals surface area contributed by atoms with E-state index in [1.165, 1.54) is 16.5 Å². The van der Waals surface area contributed by atoms with Gasteiger partial charge < -0.3 is 10.6 Å². The van der Waals surface area contributed by atoms with Gasteiger partial charge in [0.2, 0.25) is 15.7 Å². The lowest BCUT2D eigenvalue weighted by Crippen LogP contribution is -2.40. The summed E-state index contributed by atoms with van der Waals surface area (Å²) in [7, 11) is -4.17. The number of pyridine rings is 1. The molecule has 0 aliphatic carbocycles. The fraction of sp³-hybridized carbons (Fsp3) is 0.280. The summed E-state index contributed by atoms with van der Waals surface area (Å²) in [4.78, 5) is 31.1. The number of allylic oxidation sites excluding steroid dienone is 1. The van der Waals surface area contributed by atoms with Crippen LogP contribution in [0.1, 0.15) is 29.5 Å². The molecule has 0 atom stereocenters. The standard InChI is InChI=1S/C25H25N5O4S/c1-16-5-7-19(8-6-16)35(33,34)20(15-26)14-21-24(29-12-9-18(10-13-29)22(27)31)28-23-17(2)4-3-11-30(23)25(21)32/h3-8,11,14,18H,9-10,12-13H2,1-2H3,(H2,27,31)/b20-14+. The Morgan fingerprint density at radius 2 is 1.83 bits per heavy atom. The van der Waals surface area contributed by atoms with E-state index in [2.05, 4.69) is 0 Å². The number of carbonyl (C=O) groups is 1. The SMILES string of the molecule is Cc1ccc(S(=O)(=O)/C(C#N)=C/c2c(N3CCC(C(N)=O)CC3)nc3c(C)cccn3c2=O)cc1. The van der Waals surface area contributed by atoms with E-state index < -0.39 is 20.3 Å². The highest BCUT2D eigenvalue weighted by Gasteiger charge is 2.28. The number of hydrogen-bond acceptors (Lipinski definition) is 7. The fourth-order valence-corrected chi connectivity index (χ4v) is 5.33. The molecule has 35 heavy (non-hydrogen) atoms. The van der Waals surface area contributed by atoms with E-state index in [1.807, 2.05) is 24.8 Å². The zero-order valence-corrected chi connectivity index (χ0v) is 20.2. The third-order valence-electron chi connectivity index (χ3n) is 6.27. The molecule has 0 saturated carbocycles. The molecule has 1 amide bonds. The number of piperidine rings is 1. The normalized spacial score (nSPS) is 15.2. The molecule has 9 nitrogen and oxygen atoms in total. The second kappa shape index (κ2) is 9.35. The number of rotatable bonds is 5. The Hall–Kier alpha value is -3.97. The van der Waals surface area contributed by atoms with Gasteiger partial charge in [-0.25, -0.2) is 13.4 Å². The molecule has 10 heteroatoms. The van der Waals surface area contributed by atoms with Gasteiger partial charge >= 0.3 is 0 Å². The largest absolute Gasteiger partial charge is 0.369 e. The summed E-state index contributed by atoms with van der Waals surface area (Å²) < 4.78 is 27.8. The van der Waals surface area contributed by atoms with Crippen molar-refractivity contribution in [1.29, 1.82) is 5.26 Å². The number of nitrogens with zero attached hydrogens (tertiary/aromatic N) is 4. The van der Waals surface area contributed by atoms with Crippen molar-refractivity contribution in [2.24, 2.45) is 11.7 Å². The number of carbonyl (C=O) groups excluding carboxylic acids is 1. The minimum Gasteiger partial charge on any atom is -0.369 e. The molecule has 0 spiro atoms. The Morgan fingerprint density at radius 1 is 1.17 bits per heavy atom. The highest BCUT2D eigenvalue weighted by atomic mass is 32.2. The number of nitriles is 1. The van der Waals surface area contributed by atoms with Crippen molar-refractivity contribution in [3.05, 3.63) is 74.5 Å². The molecule has 1 aliphatic heterocycles. The molecule has 3 heterocycles. The van der Waals surface area contributed by atoms with E-state index >= 15 is 0 Å². The first-order valence-corrected chi connectivity index (χ1v) is 12.6. The Bertz CT molecular complexity index is 1540. The van der Waals surface area contributed by atoms with Crippen LogP contribution in [-0.2, 0) is 14.6 Å². The lowest BCUT2D eigenvalue weighted by Gasteiger charge is -2.32. The lowest BCUT2D eigenvalue weighted by atomic mass is 9.96. The Labute approximate surface area is 203 Å². The van der Waals surface area contributed by atoms with E-state index in [0.29, 0.717) is 31.6 Å². The number of hydrogen-bond donors (Lipinski definition) is 1. The second-order valence-corrected chi connectivity index (χ2v) is 10.6. The van der Waals surface area contributed by atoms with Crippen LogP contribution >= 0.6 is 0 Å². The molecule has 1 fully saturated rings. The van der Waals surface area contributed by atoms with Gasteiger partial charge in [0.1, 0.15) is 22.4 Å². The van der Waals surface area contributed by atoms with Crippen molar-refractivity contribution in [3.63, 3.8) is 0 Å². The van der Waals surface area contributed by atoms with Gasteiger partial charge in [-0.05, 0) is 56.5 Å². The Morgan fingerprint density at radius 3 is 2.43 bits per heavy atom. The molecule has 2 N–H and O–H groups in total. The van der Waals surface area contributed by atoms with Gasteiger partial charge in [-0.3, -0.25) is 14.0 Å². The summed E-state index contributed by atoms with van der Waals surface area (Å²) in [5.74, 6) is -0.368. The monoisotopic (exact) mass is 491 g/mol. The highest BCUT2D eigenvalue weighted by Crippen LogP contribution is 2.28. The molecule has 0 radical (unpaired) electrons. The lowest BCUT2D eigenvalue weighted by molar-refractivity contribution is -0.122. The summed E-state index contributed by atoms with van der Waals surface area (Å²) in [5.41, 5.74) is 7.04. The molecule has 0 bridgehead atoms. The van der Waals surface area contributed by atoms with Crippen LogP contribution in [0.2, 0.25) is 0 Å². The Kier molecular flexibility index (Phi) is 6.45. The number of primary amides is 1. The predicted octanol–water partition coefficient (Wildman–Crippen LogP) is 2.35. The molecule has 1 saturated heterocycles. The van der Waals surface area contributed by atoms with Crippen LogP contribution < -0.4 is 16.2 Å². The van der Waals surface area contributed by atoms with Crippen LogP contribution in [0, 0.1) is 31.1 Å². The number of fused-ring (bicyclic) bond motifs is 1. The summed E-state index contributed by atoms with van der Waals surface area (Å²) in [6, 6.07) is 11.4. The molecular weight excluding hydrogens is 466 g/mol. The number of nitrogens with two attached hydrogens (primary N) is 1. The van der Waals surface area contributed by atoms with Crippen LogP contribution in [0.3, 0.4) is 0 Å². The van der Waals surface area contributed by atoms with Crippen molar-refractivity contribution >= 4 is 33.3 Å². The topological polar surface area (TPSA) is 139 Å². The smallest absolute Gasteiger partial charge is 0.267 e. The van der Waals surface area contributed by atoms with Crippen LogP contribution in [0.15, 0.2) is 57.2 Å². The average molecular weight is 492 g/mol. The highest BCUT2D eigenvalue weighted by molar-refractivity contribution is 7.95. The first-order chi connectivity index (χ1) is 16.6. The van der Waals surface area contributed by atoms with Crippen LogP contribution in [0.4, 0.5) is 5.82 Å². The van der Waals surface area contributed by atoms with Gasteiger partial charge in [-0.2, -0.15) is 5.26 Å². The summed E-state index contributed by atoms with van der Waals surface area (Å²) >= 11 is 0. The number of aromatic nitrogens is 2. The van der Waals surface area contributed by atoms with Gasteiger partial charge in [-0.15, -0.1) is 0 Å². The number of benzene rings is 1. The molecule has 2 aromatic heterocycles. The van der Waals surface area contributed by atoms with Gasteiger partial charge in [0.15, 0.2) is 0 Å². The van der Waals surface area contributed by atoms with Gasteiger partial charge in [0.05, 0.1) is 10.5 Å². The van der Waals surface area contributed by atoms with E-state index in [4.69, 9.17) is 10.7 Å². The fourth-order valence-electron chi connectivity index (χ4n) is 4.19. The maximum absolute atomic E-state index is 13.5. The maximum atomic E-state index is 13.5. The molecule has 1 aromatic carbocycles. The minimum absolute atomic E-state index is 0.00198. The second-order valence-electron chi connectivity index (χ2n) is 8.64. The molecule has 3 aromatic rings. The number of amides is 1. The van der Waals surface area contributed by atoms with Gasteiger partial charge in [-0.1, -0.05) is 23.8 Å². The van der Waals surface area contributed by atoms with Gasteiger partial charge in [0.25, 0.3) is 5.56 Å². The molecule has 180 valence electrons. The summed E-state index contributed by atoms with van der Waals surface area (Å²) in [6.07, 6.45) is 3.63. The third kappa shape index (κ3) is 4.55. The predicted molar refractivity (Wildman–Crippen MR) is 132 cm³/mol. The summed E-state index contributed by atoms with van der Waals surface area (Å²) in [6.45, 7) is 4.48. The van der Waals surface area contributed by atoms with E-state index in [1.54, 1.807) is 30.5 Å². The van der Waals surface area contributed by atoms with Crippen molar-refractivity contribution < 1.29 is 13.2 Å². The molecule has 0 unspecified atom stereocenters. The van der Waals surface area contributed by atoms with E-state index in [0.717, 1.165) is 17.2 Å². The zero-order chi connectivity index (χ0) is 25.3. The Balaban J connectivity index is 1.91. The van der Waals surface area contributed by atoms with Crippen LogP contribution in [0.25, 0.3) is 11.7 Å². The quantitative estimate of drug-likeness (QED) is 0.541. The average Bonchev–Trinajstić information content (AvgIpc) is 2.84. The van der Waals surface area contributed by atoms with Crippen molar-refractivity contribution in [3.8, 4) is 6.07 Å².